The average Bonchev–Trinajstić information content (AvgIpc) is 2.88. The lowest BCUT2D eigenvalue weighted by molar-refractivity contribution is -0.181. The second-order valence-electron chi connectivity index (χ2n) is 11.8. The Bertz CT molecular complexity index is 1520. The summed E-state index contributed by atoms with van der Waals surface area (Å²) < 4.78 is 27.4. The topological polar surface area (TPSA) is 150 Å². The van der Waals surface area contributed by atoms with Gasteiger partial charge in [0.25, 0.3) is 0 Å². The van der Waals surface area contributed by atoms with Gasteiger partial charge in [-0.3, -0.25) is 28.9 Å². The van der Waals surface area contributed by atoms with Crippen LogP contribution in [-0.2, 0) is 32.1 Å². The molecule has 2 unspecified atom stereocenters. The number of nitrogens with zero attached hydrogens (tertiary/aromatic N) is 2. The van der Waals surface area contributed by atoms with Crippen LogP contribution in [0.5, 0.6) is 0 Å². The summed E-state index contributed by atoms with van der Waals surface area (Å²) in [6, 6.07) is 5.32. The molecule has 6 atom stereocenters. The van der Waals surface area contributed by atoms with Crippen molar-refractivity contribution in [3.63, 3.8) is 0 Å². The van der Waals surface area contributed by atoms with Gasteiger partial charge in [-0.1, -0.05) is 0 Å². The summed E-state index contributed by atoms with van der Waals surface area (Å²) >= 11 is 0. The van der Waals surface area contributed by atoms with Crippen LogP contribution in [0, 0.1) is 35.3 Å². The number of amides is 1. The van der Waals surface area contributed by atoms with E-state index in [4.69, 9.17) is 5.73 Å². The van der Waals surface area contributed by atoms with E-state index in [-0.39, 0.29) is 24.9 Å². The molecule has 12 heteroatoms. The standard InChI is InChI=1S/C30H32F2N4O6/c1-35(2)21-11-17(34-12-13-5-15(31)9-16(32)6-13)10-19-18(21)7-14-8-20-24(36(3)4)26(38)23(29(33)41)28(40)30(20,42)27(39)22(14)25(19)37/h5-6,9-11,14,20,22-24,34,42H,7-8,12H2,1-4H3,(H2,33,41)/t14-,20-,22?,23?,24-,30-/m0/s1. The number of primary amides is 1. The fourth-order valence-corrected chi connectivity index (χ4v) is 7.00. The number of aliphatic hydroxyl groups is 1. The average molecular weight is 583 g/mol. The highest BCUT2D eigenvalue weighted by atomic mass is 19.1. The van der Waals surface area contributed by atoms with Gasteiger partial charge in [-0.2, -0.15) is 0 Å². The SMILES string of the molecule is CN(C)c1cc(NCc2cc(F)cc(F)c2)cc2c1C[C@H]1C[C@H]3[C@H](N(C)C)C(=O)C(C(N)=O)C(=O)[C@@]3(O)C(=O)C1C2=O. The third-order valence-corrected chi connectivity index (χ3v) is 8.80. The van der Waals surface area contributed by atoms with Gasteiger partial charge in [0.15, 0.2) is 34.7 Å². The van der Waals surface area contributed by atoms with Crippen LogP contribution in [0.25, 0.3) is 0 Å². The molecule has 0 saturated heterocycles. The highest BCUT2D eigenvalue weighted by Gasteiger charge is 2.69. The maximum absolute atomic E-state index is 14.0. The molecule has 0 bridgehead atoms. The number of carbonyl (C=O) groups is 5. The number of halogens is 2. The second-order valence-corrected chi connectivity index (χ2v) is 11.8. The molecule has 2 fully saturated rings. The number of nitrogens with two attached hydrogens (primary N) is 1. The minimum absolute atomic E-state index is 0.0158. The van der Waals surface area contributed by atoms with E-state index in [1.165, 1.54) is 17.0 Å². The molecular weight excluding hydrogens is 550 g/mol. The largest absolute Gasteiger partial charge is 0.381 e. The highest BCUT2D eigenvalue weighted by molar-refractivity contribution is 6.32. The predicted octanol–water partition coefficient (Wildman–Crippen LogP) is 1.12. The summed E-state index contributed by atoms with van der Waals surface area (Å²) in [4.78, 5) is 70.0. The third-order valence-electron chi connectivity index (χ3n) is 8.80. The zero-order valence-corrected chi connectivity index (χ0v) is 23.6. The monoisotopic (exact) mass is 582 g/mol. The first kappa shape index (κ1) is 29.5. The van der Waals surface area contributed by atoms with Gasteiger partial charge < -0.3 is 21.1 Å². The molecule has 1 amide bonds. The number of carbonyl (C=O) groups excluding carboxylic acids is 5. The predicted molar refractivity (Wildman–Crippen MR) is 148 cm³/mol. The van der Waals surface area contributed by atoms with E-state index in [1.807, 2.05) is 0 Å². The van der Waals surface area contributed by atoms with E-state index < -0.39 is 76.0 Å². The lowest BCUT2D eigenvalue weighted by Crippen LogP contribution is -2.74. The van der Waals surface area contributed by atoms with Crippen molar-refractivity contribution in [1.82, 2.24) is 4.90 Å². The summed E-state index contributed by atoms with van der Waals surface area (Å²) in [5.41, 5.74) is 4.97. The molecule has 4 N–H and O–H groups in total. The van der Waals surface area contributed by atoms with Crippen LogP contribution >= 0.6 is 0 Å². The normalized spacial score (nSPS) is 28.7. The molecule has 0 radical (unpaired) electrons. The highest BCUT2D eigenvalue weighted by Crippen LogP contribution is 2.51. The number of Topliss-reactive ketones (excluding diaryl/α,β-unsaturated/α-hetero) is 4. The van der Waals surface area contributed by atoms with Crippen LogP contribution in [-0.4, -0.2) is 78.9 Å². The Morgan fingerprint density at radius 3 is 2.24 bits per heavy atom. The Hall–Kier alpha value is -4.03. The lowest BCUT2D eigenvalue weighted by Gasteiger charge is -2.52. The first-order valence-electron chi connectivity index (χ1n) is 13.5. The summed E-state index contributed by atoms with van der Waals surface area (Å²) in [6.07, 6.45) is 0.274. The van der Waals surface area contributed by atoms with Crippen LogP contribution in [0.3, 0.4) is 0 Å². The number of hydrogen-bond acceptors (Lipinski definition) is 9. The smallest absolute Gasteiger partial charge is 0.235 e. The number of ketones is 4. The summed E-state index contributed by atoms with van der Waals surface area (Å²) in [5.74, 6) is -11.6. The van der Waals surface area contributed by atoms with Gasteiger partial charge in [-0.15, -0.1) is 0 Å². The molecule has 3 aliphatic carbocycles. The first-order valence-corrected chi connectivity index (χ1v) is 13.5. The maximum Gasteiger partial charge on any atom is 0.235 e. The number of anilines is 2. The number of fused-ring (bicyclic) bond motifs is 3. The second kappa shape index (κ2) is 10.4. The van der Waals surface area contributed by atoms with Crippen molar-refractivity contribution in [2.75, 3.05) is 38.4 Å². The van der Waals surface area contributed by atoms with E-state index in [0.717, 1.165) is 6.07 Å². The quantitative estimate of drug-likeness (QED) is 0.426. The fraction of sp³-hybridized carbons (Fsp3) is 0.433. The Kier molecular flexibility index (Phi) is 7.26. The molecule has 0 aliphatic heterocycles. The minimum atomic E-state index is -2.74. The van der Waals surface area contributed by atoms with E-state index in [2.05, 4.69) is 5.32 Å². The van der Waals surface area contributed by atoms with Gasteiger partial charge in [0.1, 0.15) is 11.6 Å². The van der Waals surface area contributed by atoms with Gasteiger partial charge in [0.05, 0.1) is 12.0 Å². The maximum atomic E-state index is 14.0. The lowest BCUT2D eigenvalue weighted by atomic mass is 9.52. The van der Waals surface area contributed by atoms with Crippen LogP contribution in [0.15, 0.2) is 30.3 Å². The molecule has 10 nitrogen and oxygen atoms in total. The van der Waals surface area contributed by atoms with Crippen molar-refractivity contribution in [2.24, 2.45) is 29.4 Å². The Morgan fingerprint density at radius 2 is 1.67 bits per heavy atom. The Morgan fingerprint density at radius 1 is 1.02 bits per heavy atom. The van der Waals surface area contributed by atoms with Crippen LogP contribution in [0.1, 0.15) is 27.9 Å². The van der Waals surface area contributed by atoms with Crippen molar-refractivity contribution in [3.05, 3.63) is 58.7 Å². The van der Waals surface area contributed by atoms with Gasteiger partial charge in [-0.05, 0) is 68.2 Å². The molecule has 222 valence electrons. The van der Waals surface area contributed by atoms with E-state index in [0.29, 0.717) is 22.5 Å². The number of benzene rings is 2. The number of nitrogens with one attached hydrogen (secondary N) is 1. The van der Waals surface area contributed by atoms with Gasteiger partial charge in [0, 0.05) is 49.6 Å². The molecule has 5 rings (SSSR count). The van der Waals surface area contributed by atoms with Crippen molar-refractivity contribution < 1.29 is 37.9 Å². The summed E-state index contributed by atoms with van der Waals surface area (Å²) in [7, 11) is 6.66. The molecule has 0 spiro atoms. The fourth-order valence-electron chi connectivity index (χ4n) is 7.00. The van der Waals surface area contributed by atoms with Crippen LogP contribution in [0.2, 0.25) is 0 Å². The van der Waals surface area contributed by atoms with Crippen molar-refractivity contribution in [3.8, 4) is 0 Å². The van der Waals surface area contributed by atoms with Crippen molar-refractivity contribution in [2.45, 2.75) is 31.0 Å². The number of hydrogen-bond donors (Lipinski definition) is 3. The molecule has 0 heterocycles. The molecule has 3 aliphatic rings. The van der Waals surface area contributed by atoms with Crippen LogP contribution in [0.4, 0.5) is 20.2 Å². The molecule has 2 aromatic rings. The minimum Gasteiger partial charge on any atom is -0.381 e. The molecule has 2 saturated carbocycles. The van der Waals surface area contributed by atoms with E-state index in [1.54, 1.807) is 45.2 Å². The summed E-state index contributed by atoms with van der Waals surface area (Å²) in [5, 5.41) is 14.8. The van der Waals surface area contributed by atoms with Gasteiger partial charge in [0.2, 0.25) is 5.91 Å². The zero-order chi connectivity index (χ0) is 30.8. The number of rotatable bonds is 6. The summed E-state index contributed by atoms with van der Waals surface area (Å²) in [6.45, 7) is 0.0455. The van der Waals surface area contributed by atoms with E-state index >= 15 is 0 Å². The molecule has 42 heavy (non-hydrogen) atoms. The Balaban J connectivity index is 1.55. The third kappa shape index (κ3) is 4.49. The van der Waals surface area contributed by atoms with Gasteiger partial charge >= 0.3 is 0 Å². The van der Waals surface area contributed by atoms with Gasteiger partial charge in [-0.25, -0.2) is 8.78 Å². The number of likely N-dealkylation sites (N-methyl/N-ethyl adjacent to an activating group) is 1. The Labute approximate surface area is 240 Å². The van der Waals surface area contributed by atoms with Crippen molar-refractivity contribution >= 4 is 40.4 Å². The molecule has 0 aromatic heterocycles. The molecule has 2 aromatic carbocycles. The molecular formula is C30H32F2N4O6. The first-order chi connectivity index (χ1) is 19.7. The van der Waals surface area contributed by atoms with Crippen molar-refractivity contribution in [1.29, 1.82) is 0 Å². The zero-order valence-electron chi connectivity index (χ0n) is 23.6. The van der Waals surface area contributed by atoms with Crippen LogP contribution < -0.4 is 16.0 Å². The van der Waals surface area contributed by atoms with E-state index in [9.17, 15) is 37.9 Å².